The standard InChI is InChI=1S/C24H30FN/c1-2-3-18-4-6-19(7-5-18)8-9-20-10-12-21(13-11-20)22-14-15-23(17-26)24(25)16-22/h2,8-9,14-16,18-21H,1,3-7,10-13H2/b9-8+/t18-,19-,20?,21?. The zero-order chi connectivity index (χ0) is 18.4. The van der Waals surface area contributed by atoms with Crippen LogP contribution < -0.4 is 0 Å². The average molecular weight is 352 g/mol. The van der Waals surface area contributed by atoms with Crippen LogP contribution in [-0.4, -0.2) is 0 Å². The van der Waals surface area contributed by atoms with E-state index >= 15 is 0 Å². The Morgan fingerprint density at radius 3 is 2.15 bits per heavy atom. The van der Waals surface area contributed by atoms with Crippen LogP contribution in [0.2, 0.25) is 0 Å². The summed E-state index contributed by atoms with van der Waals surface area (Å²) in [6, 6.07) is 7.03. The number of halogens is 1. The fourth-order valence-electron chi connectivity index (χ4n) is 4.69. The number of allylic oxidation sites excluding steroid dienone is 3. The second-order valence-electron chi connectivity index (χ2n) is 8.15. The first-order valence-corrected chi connectivity index (χ1v) is 10.2. The van der Waals surface area contributed by atoms with Crippen molar-refractivity contribution in [3.8, 4) is 6.07 Å². The van der Waals surface area contributed by atoms with E-state index in [9.17, 15) is 4.39 Å². The molecular weight excluding hydrogens is 321 g/mol. The largest absolute Gasteiger partial charge is 0.206 e. The fraction of sp³-hybridized carbons (Fsp3) is 0.542. The van der Waals surface area contributed by atoms with Crippen molar-refractivity contribution < 1.29 is 4.39 Å². The molecule has 0 unspecified atom stereocenters. The van der Waals surface area contributed by atoms with E-state index in [4.69, 9.17) is 5.26 Å². The van der Waals surface area contributed by atoms with E-state index < -0.39 is 0 Å². The van der Waals surface area contributed by atoms with E-state index in [2.05, 4.69) is 24.8 Å². The van der Waals surface area contributed by atoms with Crippen molar-refractivity contribution in [1.82, 2.24) is 0 Å². The highest BCUT2D eigenvalue weighted by Gasteiger charge is 2.23. The molecule has 0 radical (unpaired) electrons. The molecule has 0 aliphatic heterocycles. The molecular formula is C24H30FN. The number of benzene rings is 1. The SMILES string of the molecule is C=CC[C@H]1CC[C@H](/C=C/C2CCC(c3ccc(C#N)c(F)c3)CC2)CC1. The lowest BCUT2D eigenvalue weighted by Crippen LogP contribution is -2.14. The number of nitrogens with zero attached hydrogens (tertiary/aromatic N) is 1. The number of hydrogen-bond donors (Lipinski definition) is 0. The molecule has 138 valence electrons. The molecule has 2 heteroatoms. The van der Waals surface area contributed by atoms with Crippen LogP contribution in [0.1, 0.15) is 74.8 Å². The van der Waals surface area contributed by atoms with Crippen molar-refractivity contribution in [1.29, 1.82) is 5.26 Å². The molecule has 1 aromatic rings. The van der Waals surface area contributed by atoms with Crippen LogP contribution in [0.4, 0.5) is 4.39 Å². The molecule has 0 N–H and O–H groups in total. The Kier molecular flexibility index (Phi) is 6.67. The normalized spacial score (nSPS) is 29.4. The summed E-state index contributed by atoms with van der Waals surface area (Å²) in [6.07, 6.45) is 18.2. The van der Waals surface area contributed by atoms with Crippen LogP contribution in [0.15, 0.2) is 43.0 Å². The second-order valence-corrected chi connectivity index (χ2v) is 8.15. The van der Waals surface area contributed by atoms with E-state index in [0.29, 0.717) is 11.8 Å². The van der Waals surface area contributed by atoms with Gasteiger partial charge in [-0.3, -0.25) is 0 Å². The van der Waals surface area contributed by atoms with Crippen LogP contribution in [-0.2, 0) is 0 Å². The quantitative estimate of drug-likeness (QED) is 0.529. The minimum absolute atomic E-state index is 0.146. The van der Waals surface area contributed by atoms with Gasteiger partial charge in [-0.2, -0.15) is 5.26 Å². The summed E-state index contributed by atoms with van der Waals surface area (Å²) in [7, 11) is 0. The molecule has 2 fully saturated rings. The fourth-order valence-corrected chi connectivity index (χ4v) is 4.69. The Morgan fingerprint density at radius 1 is 1.00 bits per heavy atom. The molecule has 2 aliphatic carbocycles. The number of hydrogen-bond acceptors (Lipinski definition) is 1. The van der Waals surface area contributed by atoms with Gasteiger partial charge in [0.25, 0.3) is 0 Å². The van der Waals surface area contributed by atoms with Crippen molar-refractivity contribution in [2.75, 3.05) is 0 Å². The second kappa shape index (κ2) is 9.17. The number of nitriles is 1. The predicted octanol–water partition coefficient (Wildman–Crippen LogP) is 6.91. The van der Waals surface area contributed by atoms with Gasteiger partial charge in [-0.25, -0.2) is 4.39 Å². The van der Waals surface area contributed by atoms with Gasteiger partial charge in [-0.15, -0.1) is 6.58 Å². The van der Waals surface area contributed by atoms with Gasteiger partial charge in [-0.1, -0.05) is 24.3 Å². The van der Waals surface area contributed by atoms with Gasteiger partial charge in [0.1, 0.15) is 11.9 Å². The van der Waals surface area contributed by atoms with Crippen LogP contribution in [0, 0.1) is 34.9 Å². The van der Waals surface area contributed by atoms with E-state index in [1.807, 2.05) is 12.1 Å². The first-order chi connectivity index (χ1) is 12.7. The molecule has 0 saturated heterocycles. The van der Waals surface area contributed by atoms with Crippen molar-refractivity contribution in [3.63, 3.8) is 0 Å². The molecule has 0 spiro atoms. The average Bonchev–Trinajstić information content (AvgIpc) is 2.68. The van der Waals surface area contributed by atoms with Gasteiger partial charge < -0.3 is 0 Å². The van der Waals surface area contributed by atoms with E-state index in [1.165, 1.54) is 44.9 Å². The van der Waals surface area contributed by atoms with E-state index in [0.717, 1.165) is 30.2 Å². The van der Waals surface area contributed by atoms with Gasteiger partial charge in [0.05, 0.1) is 5.56 Å². The first kappa shape index (κ1) is 18.9. The Morgan fingerprint density at radius 2 is 1.62 bits per heavy atom. The predicted molar refractivity (Wildman–Crippen MR) is 105 cm³/mol. The molecule has 0 atom stereocenters. The molecule has 26 heavy (non-hydrogen) atoms. The lowest BCUT2D eigenvalue weighted by atomic mass is 9.77. The van der Waals surface area contributed by atoms with Gasteiger partial charge in [-0.05, 0) is 99.2 Å². The summed E-state index contributed by atoms with van der Waals surface area (Å²) in [5, 5.41) is 8.86. The van der Waals surface area contributed by atoms with Crippen molar-refractivity contribution in [3.05, 3.63) is 60.0 Å². The maximum Gasteiger partial charge on any atom is 0.141 e. The zero-order valence-corrected chi connectivity index (χ0v) is 15.7. The number of rotatable bonds is 5. The Bertz CT molecular complexity index is 668. The molecule has 0 bridgehead atoms. The first-order valence-electron chi connectivity index (χ1n) is 10.2. The molecule has 1 nitrogen and oxygen atoms in total. The molecule has 0 amide bonds. The van der Waals surface area contributed by atoms with Crippen LogP contribution in [0.3, 0.4) is 0 Å². The van der Waals surface area contributed by atoms with Crippen molar-refractivity contribution in [2.45, 2.75) is 63.7 Å². The van der Waals surface area contributed by atoms with Crippen LogP contribution >= 0.6 is 0 Å². The Hall–Kier alpha value is -1.88. The summed E-state index contributed by atoms with van der Waals surface area (Å²) in [4.78, 5) is 0. The topological polar surface area (TPSA) is 23.8 Å². The van der Waals surface area contributed by atoms with Gasteiger partial charge in [0.15, 0.2) is 0 Å². The minimum atomic E-state index is -0.376. The Labute approximate surface area is 157 Å². The van der Waals surface area contributed by atoms with Gasteiger partial charge >= 0.3 is 0 Å². The molecule has 0 heterocycles. The lowest BCUT2D eigenvalue weighted by Gasteiger charge is -2.29. The highest BCUT2D eigenvalue weighted by atomic mass is 19.1. The lowest BCUT2D eigenvalue weighted by molar-refractivity contribution is 0.310. The van der Waals surface area contributed by atoms with Crippen LogP contribution in [0.5, 0.6) is 0 Å². The summed E-state index contributed by atoms with van der Waals surface area (Å²) in [5.74, 6) is 2.37. The highest BCUT2D eigenvalue weighted by molar-refractivity contribution is 5.35. The summed E-state index contributed by atoms with van der Waals surface area (Å²) in [5.41, 5.74) is 1.21. The Balaban J connectivity index is 1.46. The van der Waals surface area contributed by atoms with Gasteiger partial charge in [0.2, 0.25) is 0 Å². The zero-order valence-electron chi connectivity index (χ0n) is 15.7. The summed E-state index contributed by atoms with van der Waals surface area (Å²) < 4.78 is 13.8. The minimum Gasteiger partial charge on any atom is -0.206 e. The monoisotopic (exact) mass is 351 g/mol. The maximum absolute atomic E-state index is 13.8. The highest BCUT2D eigenvalue weighted by Crippen LogP contribution is 2.38. The van der Waals surface area contributed by atoms with Crippen LogP contribution in [0.25, 0.3) is 0 Å². The van der Waals surface area contributed by atoms with E-state index in [-0.39, 0.29) is 11.4 Å². The smallest absolute Gasteiger partial charge is 0.141 e. The maximum atomic E-state index is 13.8. The third kappa shape index (κ3) is 4.85. The van der Waals surface area contributed by atoms with E-state index in [1.54, 1.807) is 12.1 Å². The molecule has 0 aromatic heterocycles. The third-order valence-corrected chi connectivity index (χ3v) is 6.40. The molecule has 2 saturated carbocycles. The van der Waals surface area contributed by atoms with Crippen molar-refractivity contribution >= 4 is 0 Å². The molecule has 1 aromatic carbocycles. The summed E-state index contributed by atoms with van der Waals surface area (Å²) >= 11 is 0. The third-order valence-electron chi connectivity index (χ3n) is 6.40. The van der Waals surface area contributed by atoms with Gasteiger partial charge in [0, 0.05) is 0 Å². The molecule has 2 aliphatic rings. The molecule has 3 rings (SSSR count). The van der Waals surface area contributed by atoms with Crippen molar-refractivity contribution in [2.24, 2.45) is 17.8 Å². The summed E-state index contributed by atoms with van der Waals surface area (Å²) in [6.45, 7) is 3.86.